The van der Waals surface area contributed by atoms with E-state index in [0.717, 1.165) is 47.9 Å². The fraction of sp³-hybridized carbons (Fsp3) is 0.231. The molecule has 0 saturated carbocycles. The Kier molecular flexibility index (Phi) is 5.51. The minimum atomic E-state index is -0.701. The highest BCUT2D eigenvalue weighted by Gasteiger charge is 2.28. The largest absolute Gasteiger partial charge is 0.338 e. The number of hydrogen-bond donors (Lipinski definition) is 0. The number of carbonyl (C=O) groups excluding carboxylic acids is 1. The molecule has 1 fully saturated rings. The number of fused-ring (bicyclic) bond motifs is 2. The Morgan fingerprint density at radius 3 is 2.53 bits per heavy atom. The van der Waals surface area contributed by atoms with Gasteiger partial charge in [0.2, 0.25) is 0 Å². The zero-order valence-corrected chi connectivity index (χ0v) is 18.1. The predicted octanol–water partition coefficient (Wildman–Crippen LogP) is 5.85. The van der Waals surface area contributed by atoms with Gasteiger partial charge in [-0.15, -0.1) is 0 Å². The summed E-state index contributed by atoms with van der Waals surface area (Å²) in [5.74, 6) is -1.79. The highest BCUT2D eigenvalue weighted by atomic mass is 35.5. The molecule has 0 N–H and O–H groups in total. The van der Waals surface area contributed by atoms with E-state index in [1.807, 2.05) is 24.4 Å². The lowest BCUT2D eigenvalue weighted by Crippen LogP contribution is -2.37. The predicted molar refractivity (Wildman–Crippen MR) is 121 cm³/mol. The van der Waals surface area contributed by atoms with Crippen LogP contribution in [0, 0.1) is 11.6 Å². The smallest absolute Gasteiger partial charge is 0.256 e. The molecule has 0 unspecified atom stereocenters. The molecule has 0 spiro atoms. The van der Waals surface area contributed by atoms with Crippen molar-refractivity contribution in [3.63, 3.8) is 0 Å². The summed E-state index contributed by atoms with van der Waals surface area (Å²) in [5.41, 5.74) is 6.63. The molecule has 0 radical (unpaired) electrons. The number of halogens is 3. The normalized spacial score (nSPS) is 15.8. The highest BCUT2D eigenvalue weighted by molar-refractivity contribution is 6.30. The molecule has 1 saturated heterocycles. The molecule has 0 atom stereocenters. The Balaban J connectivity index is 1.50. The Bertz CT molecular complexity index is 1240. The number of aryl methyl sites for hydroxylation is 2. The summed E-state index contributed by atoms with van der Waals surface area (Å²) in [5, 5.41) is 0.713. The van der Waals surface area contributed by atoms with Gasteiger partial charge in [0, 0.05) is 29.9 Å². The van der Waals surface area contributed by atoms with Crippen LogP contribution in [0.5, 0.6) is 0 Å². The molecule has 5 rings (SSSR count). The van der Waals surface area contributed by atoms with Crippen LogP contribution in [0.3, 0.4) is 0 Å². The number of aromatic nitrogens is 1. The zero-order chi connectivity index (χ0) is 22.2. The lowest BCUT2D eigenvalue weighted by atomic mass is 9.88. The van der Waals surface area contributed by atoms with Crippen molar-refractivity contribution in [2.24, 2.45) is 0 Å². The number of benzene rings is 2. The van der Waals surface area contributed by atoms with Crippen LogP contribution in [0.1, 0.15) is 45.6 Å². The number of likely N-dealkylation sites (tertiary alicyclic amines) is 1. The molecule has 1 aliphatic carbocycles. The standard InChI is InChI=1S/C26H21ClF2N2O/c27-19-5-7-21-18(14-19)4-3-17-2-1-11-30-25(17)24(21)16-9-12-31(13-10-16)26(32)22-15-20(28)6-8-23(22)29/h1-2,5-8,11,14-15H,3-4,9-10,12-13H2. The Hall–Kier alpha value is -3.05. The van der Waals surface area contributed by atoms with Crippen LogP contribution in [-0.2, 0) is 12.8 Å². The topological polar surface area (TPSA) is 33.2 Å². The average molecular weight is 451 g/mol. The number of pyridine rings is 1. The Morgan fingerprint density at radius 1 is 0.938 bits per heavy atom. The molecule has 6 heteroatoms. The first kappa shape index (κ1) is 20.8. The Morgan fingerprint density at radius 2 is 1.72 bits per heavy atom. The number of piperidine rings is 1. The summed E-state index contributed by atoms with van der Waals surface area (Å²) in [6, 6.07) is 13.0. The third-order valence-electron chi connectivity index (χ3n) is 6.29. The van der Waals surface area contributed by atoms with E-state index >= 15 is 0 Å². The van der Waals surface area contributed by atoms with E-state index in [9.17, 15) is 13.6 Å². The van der Waals surface area contributed by atoms with Gasteiger partial charge in [-0.25, -0.2) is 8.78 Å². The zero-order valence-electron chi connectivity index (χ0n) is 17.4. The van der Waals surface area contributed by atoms with Crippen LogP contribution in [0.2, 0.25) is 5.02 Å². The first-order valence-corrected chi connectivity index (χ1v) is 11.1. The molecular formula is C26H21ClF2N2O. The van der Waals surface area contributed by atoms with Crippen LogP contribution < -0.4 is 0 Å². The third kappa shape index (κ3) is 3.82. The minimum absolute atomic E-state index is 0.220. The van der Waals surface area contributed by atoms with Crippen LogP contribution in [0.4, 0.5) is 8.78 Å². The van der Waals surface area contributed by atoms with Crippen molar-refractivity contribution < 1.29 is 13.6 Å². The lowest BCUT2D eigenvalue weighted by molar-refractivity contribution is 0.0738. The van der Waals surface area contributed by atoms with Crippen LogP contribution in [0.15, 0.2) is 60.3 Å². The number of hydrogen-bond acceptors (Lipinski definition) is 2. The van der Waals surface area contributed by atoms with Crippen molar-refractivity contribution in [3.8, 4) is 0 Å². The van der Waals surface area contributed by atoms with Crippen molar-refractivity contribution in [2.45, 2.75) is 25.7 Å². The molecule has 2 aliphatic rings. The molecule has 2 aromatic carbocycles. The van der Waals surface area contributed by atoms with Gasteiger partial charge in [-0.2, -0.15) is 0 Å². The van der Waals surface area contributed by atoms with E-state index in [1.54, 1.807) is 4.90 Å². The minimum Gasteiger partial charge on any atom is -0.338 e. The summed E-state index contributed by atoms with van der Waals surface area (Å²) in [7, 11) is 0. The summed E-state index contributed by atoms with van der Waals surface area (Å²) >= 11 is 6.28. The van der Waals surface area contributed by atoms with Gasteiger partial charge >= 0.3 is 0 Å². The van der Waals surface area contributed by atoms with Crippen LogP contribution >= 0.6 is 11.6 Å². The molecule has 2 heterocycles. The molecule has 0 bridgehead atoms. The highest BCUT2D eigenvalue weighted by Crippen LogP contribution is 2.38. The summed E-state index contributed by atoms with van der Waals surface area (Å²) in [4.78, 5) is 19.1. The van der Waals surface area contributed by atoms with Gasteiger partial charge in [0.05, 0.1) is 11.3 Å². The quantitative estimate of drug-likeness (QED) is 0.466. The molecule has 1 aromatic heterocycles. The van der Waals surface area contributed by atoms with Gasteiger partial charge in [0.15, 0.2) is 0 Å². The molecule has 1 aliphatic heterocycles. The van der Waals surface area contributed by atoms with E-state index in [-0.39, 0.29) is 5.56 Å². The van der Waals surface area contributed by atoms with Gasteiger partial charge in [-0.3, -0.25) is 9.78 Å². The molecular weight excluding hydrogens is 430 g/mol. The maximum absolute atomic E-state index is 14.1. The monoisotopic (exact) mass is 450 g/mol. The van der Waals surface area contributed by atoms with Crippen LogP contribution in [0.25, 0.3) is 5.57 Å². The summed E-state index contributed by atoms with van der Waals surface area (Å²) < 4.78 is 27.7. The van der Waals surface area contributed by atoms with Gasteiger partial charge in [-0.05, 0) is 78.8 Å². The first-order valence-electron chi connectivity index (χ1n) is 10.7. The van der Waals surface area contributed by atoms with E-state index in [1.165, 1.54) is 16.7 Å². The molecule has 1 amide bonds. The SMILES string of the molecule is O=C(c1cc(F)ccc1F)N1CCC(=C2c3ccc(Cl)cc3CCc3cccnc32)CC1. The number of rotatable bonds is 1. The Labute approximate surface area is 190 Å². The van der Waals surface area contributed by atoms with Crippen molar-refractivity contribution in [2.75, 3.05) is 13.1 Å². The fourth-order valence-corrected chi connectivity index (χ4v) is 4.89. The molecule has 32 heavy (non-hydrogen) atoms. The number of carbonyl (C=O) groups is 1. The second-order valence-electron chi connectivity index (χ2n) is 8.21. The second-order valence-corrected chi connectivity index (χ2v) is 8.64. The van der Waals surface area contributed by atoms with Crippen molar-refractivity contribution in [3.05, 3.63) is 105 Å². The lowest BCUT2D eigenvalue weighted by Gasteiger charge is -2.30. The van der Waals surface area contributed by atoms with Gasteiger partial charge in [0.1, 0.15) is 11.6 Å². The van der Waals surface area contributed by atoms with E-state index < -0.39 is 17.5 Å². The molecule has 162 valence electrons. The van der Waals surface area contributed by atoms with Gasteiger partial charge < -0.3 is 4.90 Å². The number of amides is 1. The maximum atomic E-state index is 14.1. The van der Waals surface area contributed by atoms with Gasteiger partial charge in [0.25, 0.3) is 5.91 Å². The van der Waals surface area contributed by atoms with Gasteiger partial charge in [-0.1, -0.05) is 29.3 Å². The first-order chi connectivity index (χ1) is 15.5. The van der Waals surface area contributed by atoms with Crippen molar-refractivity contribution >= 4 is 23.1 Å². The third-order valence-corrected chi connectivity index (χ3v) is 6.53. The average Bonchev–Trinajstić information content (AvgIpc) is 2.97. The fourth-order valence-electron chi connectivity index (χ4n) is 4.69. The maximum Gasteiger partial charge on any atom is 0.256 e. The second kappa shape index (κ2) is 8.47. The van der Waals surface area contributed by atoms with E-state index in [0.29, 0.717) is 31.0 Å². The summed E-state index contributed by atoms with van der Waals surface area (Å²) in [6.45, 7) is 0.886. The van der Waals surface area contributed by atoms with Crippen molar-refractivity contribution in [1.82, 2.24) is 9.88 Å². The molecule has 3 nitrogen and oxygen atoms in total. The summed E-state index contributed by atoms with van der Waals surface area (Å²) in [6.07, 6.45) is 4.88. The van der Waals surface area contributed by atoms with E-state index in [4.69, 9.17) is 16.6 Å². The number of nitrogens with zero attached hydrogens (tertiary/aromatic N) is 2. The molecule has 3 aromatic rings. The van der Waals surface area contributed by atoms with Crippen molar-refractivity contribution in [1.29, 1.82) is 0 Å². The van der Waals surface area contributed by atoms with E-state index in [2.05, 4.69) is 12.1 Å². The van der Waals surface area contributed by atoms with Crippen LogP contribution in [-0.4, -0.2) is 28.9 Å².